The Kier molecular flexibility index (Phi) is 40.2. The third-order valence-electron chi connectivity index (χ3n) is 9.33. The van der Waals surface area contributed by atoms with Gasteiger partial charge in [0, 0.05) is 12.8 Å². The Balaban J connectivity index is 4.51. The zero-order valence-corrected chi connectivity index (χ0v) is 39.0. The van der Waals surface area contributed by atoms with Crippen LogP contribution in [-0.4, -0.2) is 82.3 Å². The van der Waals surface area contributed by atoms with Gasteiger partial charge in [0.1, 0.15) is 13.2 Å². The molecule has 0 aliphatic carbocycles. The molecule has 0 heterocycles. The molecule has 0 aromatic heterocycles. The first kappa shape index (κ1) is 57.2. The number of esters is 2. The van der Waals surface area contributed by atoms with E-state index in [0.717, 1.165) is 103 Å². The maximum Gasteiger partial charge on any atom is 0.306 e. The summed E-state index contributed by atoms with van der Waals surface area (Å²) in [7, 11) is 5.88. The van der Waals surface area contributed by atoms with Crippen molar-refractivity contribution < 1.29 is 42.9 Å². The van der Waals surface area contributed by atoms with E-state index >= 15 is 0 Å². The number of rotatable bonds is 41. The number of hydrogen-bond acceptors (Lipinski definition) is 8. The maximum absolute atomic E-state index is 12.8. The van der Waals surface area contributed by atoms with Gasteiger partial charge < -0.3 is 33.3 Å². The van der Waals surface area contributed by atoms with E-state index < -0.39 is 24.3 Å². The van der Waals surface area contributed by atoms with Gasteiger partial charge in [0.2, 0.25) is 0 Å². The minimum atomic E-state index is -1.64. The predicted octanol–water partition coefficient (Wildman–Crippen LogP) is 11.3. The van der Waals surface area contributed by atoms with Crippen molar-refractivity contribution in [2.45, 2.75) is 167 Å². The fraction of sp³-hybridized carbons (Fsp3) is 0.635. The molecule has 0 N–H and O–H groups in total. The lowest BCUT2D eigenvalue weighted by molar-refractivity contribution is -0.870. The van der Waals surface area contributed by atoms with Crippen LogP contribution >= 0.6 is 0 Å². The zero-order chi connectivity index (χ0) is 44.9. The van der Waals surface area contributed by atoms with E-state index in [-0.39, 0.29) is 38.6 Å². The summed E-state index contributed by atoms with van der Waals surface area (Å²) >= 11 is 0. The van der Waals surface area contributed by atoms with Crippen LogP contribution in [0.2, 0.25) is 0 Å². The van der Waals surface area contributed by atoms with Crippen molar-refractivity contribution >= 4 is 17.9 Å². The first-order chi connectivity index (χ1) is 29.6. The molecule has 0 bridgehead atoms. The molecular weight excluding hydrogens is 767 g/mol. The summed E-state index contributed by atoms with van der Waals surface area (Å²) in [6.07, 6.45) is 52.9. The van der Waals surface area contributed by atoms with Crippen LogP contribution in [0.15, 0.2) is 97.2 Å². The van der Waals surface area contributed by atoms with Crippen LogP contribution in [0.5, 0.6) is 0 Å². The highest BCUT2D eigenvalue weighted by Crippen LogP contribution is 2.12. The number of hydrogen-bond donors (Lipinski definition) is 0. The molecule has 0 aromatic carbocycles. The molecule has 9 heteroatoms. The number of quaternary nitrogens is 1. The predicted molar refractivity (Wildman–Crippen MR) is 250 cm³/mol. The SMILES string of the molecule is CC/C=C\C/C=C\C/C=C\C/C=C\C/C=C\CCCCCC(=O)OC(COC(=O)CCCCCCCCC/C=C\C/C=C\C/C=C\CC)COC(OCC[N+](C)(C)C)C(=O)[O-]. The van der Waals surface area contributed by atoms with Crippen LogP contribution in [0.25, 0.3) is 0 Å². The molecule has 2 atom stereocenters. The van der Waals surface area contributed by atoms with E-state index in [1.165, 1.54) is 19.3 Å². The molecule has 0 aliphatic rings. The van der Waals surface area contributed by atoms with Gasteiger partial charge in [-0.1, -0.05) is 150 Å². The molecule has 0 saturated heterocycles. The molecule has 61 heavy (non-hydrogen) atoms. The molecule has 346 valence electrons. The Hall–Kier alpha value is -3.79. The fourth-order valence-corrected chi connectivity index (χ4v) is 5.75. The van der Waals surface area contributed by atoms with Crippen molar-refractivity contribution in [2.75, 3.05) is 47.5 Å². The zero-order valence-electron chi connectivity index (χ0n) is 39.0. The number of carboxylic acid groups (broad SMARTS) is 1. The summed E-state index contributed by atoms with van der Waals surface area (Å²) < 4.78 is 22.5. The third kappa shape index (κ3) is 44.1. The maximum atomic E-state index is 12.8. The second kappa shape index (κ2) is 42.9. The molecule has 0 amide bonds. The average Bonchev–Trinajstić information content (AvgIpc) is 3.22. The molecule has 9 nitrogen and oxygen atoms in total. The minimum Gasteiger partial charge on any atom is -0.545 e. The number of allylic oxidation sites excluding steroid dienone is 16. The summed E-state index contributed by atoms with van der Waals surface area (Å²) in [5, 5.41) is 11.7. The van der Waals surface area contributed by atoms with Gasteiger partial charge in [-0.2, -0.15) is 0 Å². The highest BCUT2D eigenvalue weighted by atomic mass is 16.7. The topological polar surface area (TPSA) is 111 Å². The number of unbranched alkanes of at least 4 members (excludes halogenated alkanes) is 10. The lowest BCUT2D eigenvalue weighted by atomic mass is 10.1. The minimum absolute atomic E-state index is 0.133. The first-order valence-corrected chi connectivity index (χ1v) is 23.4. The number of ether oxygens (including phenoxy) is 4. The van der Waals surface area contributed by atoms with E-state index in [2.05, 4.69) is 111 Å². The molecule has 0 aromatic rings. The molecular formula is C52H85NO8. The Bertz CT molecular complexity index is 1320. The number of likely N-dealkylation sites (N-methyl/N-ethyl adjacent to an activating group) is 1. The summed E-state index contributed by atoms with van der Waals surface area (Å²) in [6, 6.07) is 0. The summed E-state index contributed by atoms with van der Waals surface area (Å²) in [4.78, 5) is 37.0. The summed E-state index contributed by atoms with van der Waals surface area (Å²) in [5.41, 5.74) is 0. The number of carbonyl (C=O) groups is 3. The van der Waals surface area contributed by atoms with Gasteiger partial charge in [0.25, 0.3) is 0 Å². The van der Waals surface area contributed by atoms with Crippen LogP contribution in [0.1, 0.15) is 155 Å². The van der Waals surface area contributed by atoms with Crippen molar-refractivity contribution in [2.24, 2.45) is 0 Å². The molecule has 0 spiro atoms. The Morgan fingerprint density at radius 1 is 0.492 bits per heavy atom. The van der Waals surface area contributed by atoms with Gasteiger partial charge >= 0.3 is 11.9 Å². The third-order valence-corrected chi connectivity index (χ3v) is 9.33. The van der Waals surface area contributed by atoms with E-state index in [4.69, 9.17) is 18.9 Å². The summed E-state index contributed by atoms with van der Waals surface area (Å²) in [6.45, 7) is 4.44. The lowest BCUT2D eigenvalue weighted by Crippen LogP contribution is -2.44. The second-order valence-corrected chi connectivity index (χ2v) is 16.3. The average molecular weight is 852 g/mol. The number of carboxylic acids is 1. The fourth-order valence-electron chi connectivity index (χ4n) is 5.75. The van der Waals surface area contributed by atoms with Gasteiger partial charge in [-0.3, -0.25) is 9.59 Å². The van der Waals surface area contributed by atoms with Crippen LogP contribution in [0.3, 0.4) is 0 Å². The van der Waals surface area contributed by atoms with Gasteiger partial charge in [0.15, 0.2) is 12.4 Å². The summed E-state index contributed by atoms with van der Waals surface area (Å²) in [5.74, 6) is -2.36. The Morgan fingerprint density at radius 2 is 0.885 bits per heavy atom. The quantitative estimate of drug-likeness (QED) is 0.0197. The van der Waals surface area contributed by atoms with Crippen LogP contribution in [-0.2, 0) is 33.3 Å². The van der Waals surface area contributed by atoms with Crippen molar-refractivity contribution in [3.05, 3.63) is 97.2 Å². The van der Waals surface area contributed by atoms with E-state index in [9.17, 15) is 19.5 Å². The van der Waals surface area contributed by atoms with Crippen molar-refractivity contribution in [3.8, 4) is 0 Å². The molecule has 0 saturated carbocycles. The smallest absolute Gasteiger partial charge is 0.306 e. The normalized spacial score (nSPS) is 13.8. The van der Waals surface area contributed by atoms with Crippen LogP contribution in [0.4, 0.5) is 0 Å². The Labute approximate surface area is 372 Å². The second-order valence-electron chi connectivity index (χ2n) is 16.3. The largest absolute Gasteiger partial charge is 0.545 e. The molecule has 0 rings (SSSR count). The standard InChI is InChI=1S/C52H85NO8/c1-6-8-10-12-14-16-18-20-22-24-25-27-29-31-33-35-37-39-41-43-50(55)61-48(47-60-52(51(56)57)58-45-44-53(3,4)5)46-59-49(54)42-40-38-36-34-32-30-28-26-23-21-19-17-15-13-11-9-7-2/h8-11,14-17,20-23,25,27,31,33,48,52H,6-7,12-13,18-19,24,26,28-30,32,34-47H2,1-5H3/b10-8-,11-9-,16-14-,17-15-,22-20-,23-21-,27-25-,33-31-. The highest BCUT2D eigenvalue weighted by molar-refractivity contribution is 5.70. The van der Waals surface area contributed by atoms with Crippen molar-refractivity contribution in [1.29, 1.82) is 0 Å². The van der Waals surface area contributed by atoms with Crippen molar-refractivity contribution in [1.82, 2.24) is 0 Å². The lowest BCUT2D eigenvalue weighted by Gasteiger charge is -2.26. The van der Waals surface area contributed by atoms with Crippen LogP contribution < -0.4 is 5.11 Å². The van der Waals surface area contributed by atoms with Gasteiger partial charge in [0.05, 0.1) is 40.3 Å². The Morgan fingerprint density at radius 3 is 1.33 bits per heavy atom. The number of nitrogens with zero attached hydrogens (tertiary/aromatic N) is 1. The van der Waals surface area contributed by atoms with E-state index in [1.54, 1.807) is 0 Å². The number of carbonyl (C=O) groups excluding carboxylic acids is 3. The van der Waals surface area contributed by atoms with Gasteiger partial charge in [-0.15, -0.1) is 0 Å². The molecule has 0 aliphatic heterocycles. The van der Waals surface area contributed by atoms with Gasteiger partial charge in [-0.25, -0.2) is 0 Å². The highest BCUT2D eigenvalue weighted by Gasteiger charge is 2.21. The van der Waals surface area contributed by atoms with Gasteiger partial charge in [-0.05, 0) is 89.9 Å². The molecule has 0 fully saturated rings. The molecule has 0 radical (unpaired) electrons. The van der Waals surface area contributed by atoms with Crippen LogP contribution in [0, 0.1) is 0 Å². The van der Waals surface area contributed by atoms with E-state index in [1.807, 2.05) is 21.1 Å². The van der Waals surface area contributed by atoms with E-state index in [0.29, 0.717) is 17.4 Å². The van der Waals surface area contributed by atoms with Crippen molar-refractivity contribution in [3.63, 3.8) is 0 Å². The number of aliphatic carboxylic acids is 1. The first-order valence-electron chi connectivity index (χ1n) is 23.4. The molecule has 2 unspecified atom stereocenters. The monoisotopic (exact) mass is 852 g/mol.